The molecule has 0 aliphatic carbocycles. The van der Waals surface area contributed by atoms with E-state index in [2.05, 4.69) is 20.4 Å². The first-order valence-electron chi connectivity index (χ1n) is 7.76. The number of aryl methyl sites for hydroxylation is 1. The van der Waals surface area contributed by atoms with Gasteiger partial charge in [0.05, 0.1) is 11.0 Å². The predicted octanol–water partition coefficient (Wildman–Crippen LogP) is 3.73. The van der Waals surface area contributed by atoms with Gasteiger partial charge in [0, 0.05) is 22.3 Å². The van der Waals surface area contributed by atoms with Gasteiger partial charge in [-0.1, -0.05) is 22.8 Å². The molecule has 0 radical (unpaired) electrons. The van der Waals surface area contributed by atoms with Crippen LogP contribution in [0.25, 0.3) is 22.4 Å². The molecule has 7 nitrogen and oxygen atoms in total. The van der Waals surface area contributed by atoms with Gasteiger partial charge in [-0.3, -0.25) is 4.79 Å². The fraction of sp³-hybridized carbons (Fsp3) is 0.0556. The molecule has 0 unspecified atom stereocenters. The average molecular weight is 369 g/mol. The molecule has 2 aromatic heterocycles. The van der Waals surface area contributed by atoms with Crippen molar-refractivity contribution in [3.8, 4) is 11.3 Å². The summed E-state index contributed by atoms with van der Waals surface area (Å²) in [5.74, 6) is 0.0170. The second-order valence-corrected chi connectivity index (χ2v) is 6.27. The van der Waals surface area contributed by atoms with Crippen molar-refractivity contribution in [3.63, 3.8) is 0 Å². The summed E-state index contributed by atoms with van der Waals surface area (Å²) in [5.41, 5.74) is 3.37. The number of hydrogen-bond acceptors (Lipinski definition) is 4. The Labute approximate surface area is 152 Å². The molecule has 0 atom stereocenters. The third kappa shape index (κ3) is 3.00. The lowest BCUT2D eigenvalue weighted by molar-refractivity contribution is 0.101. The van der Waals surface area contributed by atoms with Crippen LogP contribution >= 0.6 is 11.6 Å². The summed E-state index contributed by atoms with van der Waals surface area (Å²) in [6.45, 7) is 1.87. The van der Waals surface area contributed by atoms with Gasteiger partial charge in [-0.2, -0.15) is 0 Å². The van der Waals surface area contributed by atoms with Crippen LogP contribution < -0.4 is 11.0 Å². The SMILES string of the molecule is Cc1ccc(Cl)cc1NC(=O)c1cc(-c2ccc3[nH]c(=O)[nH]c3c2)on1. The number of rotatable bonds is 3. The third-order valence-corrected chi connectivity index (χ3v) is 4.23. The highest BCUT2D eigenvalue weighted by molar-refractivity contribution is 6.31. The number of aromatic amines is 2. The zero-order chi connectivity index (χ0) is 18.3. The van der Waals surface area contributed by atoms with Gasteiger partial charge in [0.15, 0.2) is 11.5 Å². The number of carbonyl (C=O) groups excluding carboxylic acids is 1. The number of anilines is 1. The zero-order valence-corrected chi connectivity index (χ0v) is 14.3. The van der Waals surface area contributed by atoms with Crippen molar-refractivity contribution in [2.75, 3.05) is 5.32 Å². The van der Waals surface area contributed by atoms with Crippen LogP contribution in [0.2, 0.25) is 5.02 Å². The van der Waals surface area contributed by atoms with Crippen molar-refractivity contribution in [2.45, 2.75) is 6.92 Å². The molecule has 2 aromatic carbocycles. The second-order valence-electron chi connectivity index (χ2n) is 5.83. The molecule has 0 aliphatic heterocycles. The van der Waals surface area contributed by atoms with E-state index < -0.39 is 5.91 Å². The maximum atomic E-state index is 12.4. The maximum Gasteiger partial charge on any atom is 0.323 e. The molecule has 0 saturated carbocycles. The lowest BCUT2D eigenvalue weighted by Crippen LogP contribution is -2.13. The van der Waals surface area contributed by atoms with Crippen LogP contribution in [0.5, 0.6) is 0 Å². The van der Waals surface area contributed by atoms with Crippen molar-refractivity contribution >= 4 is 34.2 Å². The highest BCUT2D eigenvalue weighted by atomic mass is 35.5. The maximum absolute atomic E-state index is 12.4. The van der Waals surface area contributed by atoms with E-state index in [-0.39, 0.29) is 11.4 Å². The molecule has 0 fully saturated rings. The van der Waals surface area contributed by atoms with Gasteiger partial charge >= 0.3 is 5.69 Å². The number of fused-ring (bicyclic) bond motifs is 1. The van der Waals surface area contributed by atoms with Crippen molar-refractivity contribution in [1.29, 1.82) is 0 Å². The van der Waals surface area contributed by atoms with Crippen LogP contribution in [-0.4, -0.2) is 21.0 Å². The Hall–Kier alpha value is -3.32. The summed E-state index contributed by atoms with van der Waals surface area (Å²) in [6, 6.07) is 12.1. The highest BCUT2D eigenvalue weighted by Gasteiger charge is 2.15. The number of hydrogen-bond donors (Lipinski definition) is 3. The minimum absolute atomic E-state index is 0.141. The molecule has 0 bridgehead atoms. The summed E-state index contributed by atoms with van der Waals surface area (Å²) in [4.78, 5) is 29.1. The van der Waals surface area contributed by atoms with E-state index in [0.29, 0.717) is 33.1 Å². The molecule has 3 N–H and O–H groups in total. The topological polar surface area (TPSA) is 104 Å². The molecule has 4 rings (SSSR count). The molecule has 8 heteroatoms. The van der Waals surface area contributed by atoms with E-state index in [1.165, 1.54) is 0 Å². The van der Waals surface area contributed by atoms with Crippen molar-refractivity contribution in [1.82, 2.24) is 15.1 Å². The molecule has 2 heterocycles. The van der Waals surface area contributed by atoms with E-state index in [0.717, 1.165) is 5.56 Å². The number of nitrogens with one attached hydrogen (secondary N) is 3. The van der Waals surface area contributed by atoms with Gasteiger partial charge in [0.2, 0.25) is 0 Å². The number of halogens is 1. The summed E-state index contributed by atoms with van der Waals surface area (Å²) in [7, 11) is 0. The van der Waals surface area contributed by atoms with Crippen molar-refractivity contribution in [2.24, 2.45) is 0 Å². The standard InChI is InChI=1S/C18H13ClN4O3/c1-9-2-4-11(19)7-13(9)20-17(24)15-8-16(26-23-15)10-3-5-12-14(6-10)22-18(25)21-12/h2-8H,1H3,(H,20,24)(H2,21,22,25). The lowest BCUT2D eigenvalue weighted by Gasteiger charge is -2.06. The fourth-order valence-corrected chi connectivity index (χ4v) is 2.79. The van der Waals surface area contributed by atoms with Gasteiger partial charge in [-0.25, -0.2) is 4.79 Å². The normalized spacial score (nSPS) is 11.0. The molecule has 0 spiro atoms. The number of benzene rings is 2. The van der Waals surface area contributed by atoms with E-state index in [9.17, 15) is 9.59 Å². The predicted molar refractivity (Wildman–Crippen MR) is 98.6 cm³/mol. The lowest BCUT2D eigenvalue weighted by atomic mass is 10.1. The molecular formula is C18H13ClN4O3. The average Bonchev–Trinajstić information content (AvgIpc) is 3.23. The van der Waals surface area contributed by atoms with E-state index in [1.54, 1.807) is 36.4 Å². The van der Waals surface area contributed by atoms with Gasteiger partial charge in [0.25, 0.3) is 5.91 Å². The Balaban J connectivity index is 1.61. The van der Waals surface area contributed by atoms with Crippen molar-refractivity contribution in [3.05, 3.63) is 69.2 Å². The fourth-order valence-electron chi connectivity index (χ4n) is 2.62. The number of nitrogens with zero attached hydrogens (tertiary/aromatic N) is 1. The van der Waals surface area contributed by atoms with Crippen molar-refractivity contribution < 1.29 is 9.32 Å². The van der Waals surface area contributed by atoms with Gasteiger partial charge in [-0.05, 0) is 42.8 Å². The number of imidazole rings is 1. The summed E-state index contributed by atoms with van der Waals surface area (Å²) in [6.07, 6.45) is 0. The Morgan fingerprint density at radius 2 is 1.92 bits per heavy atom. The molecule has 0 saturated heterocycles. The highest BCUT2D eigenvalue weighted by Crippen LogP contribution is 2.24. The van der Waals surface area contributed by atoms with Crippen LogP contribution in [0.1, 0.15) is 16.1 Å². The first kappa shape index (κ1) is 16.2. The molecule has 130 valence electrons. The number of H-pyrrole nitrogens is 2. The minimum Gasteiger partial charge on any atom is -0.355 e. The molecule has 26 heavy (non-hydrogen) atoms. The van der Waals surface area contributed by atoms with E-state index in [4.69, 9.17) is 16.1 Å². The third-order valence-electron chi connectivity index (χ3n) is 3.99. The molecule has 0 aliphatic rings. The van der Waals surface area contributed by atoms with E-state index in [1.807, 2.05) is 13.0 Å². The first-order chi connectivity index (χ1) is 12.5. The van der Waals surface area contributed by atoms with Crippen LogP contribution in [-0.2, 0) is 0 Å². The second kappa shape index (κ2) is 6.20. The zero-order valence-electron chi connectivity index (χ0n) is 13.6. The van der Waals surface area contributed by atoms with E-state index >= 15 is 0 Å². The Kier molecular flexibility index (Phi) is 3.85. The monoisotopic (exact) mass is 368 g/mol. The molecule has 1 amide bonds. The summed E-state index contributed by atoms with van der Waals surface area (Å²) < 4.78 is 5.28. The van der Waals surface area contributed by atoms with Crippen LogP contribution in [0, 0.1) is 6.92 Å². The summed E-state index contributed by atoms with van der Waals surface area (Å²) >= 11 is 5.97. The van der Waals surface area contributed by atoms with Gasteiger partial charge in [0.1, 0.15) is 0 Å². The number of aromatic nitrogens is 3. The summed E-state index contributed by atoms with van der Waals surface area (Å²) in [5, 5.41) is 7.12. The van der Waals surface area contributed by atoms with Crippen LogP contribution in [0.15, 0.2) is 51.8 Å². The molecular weight excluding hydrogens is 356 g/mol. The smallest absolute Gasteiger partial charge is 0.323 e. The van der Waals surface area contributed by atoms with Crippen LogP contribution in [0.3, 0.4) is 0 Å². The largest absolute Gasteiger partial charge is 0.355 e. The minimum atomic E-state index is -0.401. The van der Waals surface area contributed by atoms with Crippen LogP contribution in [0.4, 0.5) is 5.69 Å². The molecule has 4 aromatic rings. The van der Waals surface area contributed by atoms with Gasteiger partial charge in [-0.15, -0.1) is 0 Å². The number of amides is 1. The Bertz CT molecular complexity index is 1190. The quantitative estimate of drug-likeness (QED) is 0.512. The Morgan fingerprint density at radius 1 is 1.12 bits per heavy atom. The van der Waals surface area contributed by atoms with Gasteiger partial charge < -0.3 is 19.8 Å². The number of carbonyl (C=O) groups is 1. The Morgan fingerprint density at radius 3 is 2.77 bits per heavy atom. The first-order valence-corrected chi connectivity index (χ1v) is 8.14.